The Morgan fingerprint density at radius 2 is 2.47 bits per heavy atom. The Balaban J connectivity index is 2.69. The van der Waals surface area contributed by atoms with Crippen molar-refractivity contribution in [1.29, 1.82) is 0 Å². The molecule has 0 spiro atoms. The van der Waals surface area contributed by atoms with Gasteiger partial charge < -0.3 is 20.4 Å². The van der Waals surface area contributed by atoms with Gasteiger partial charge in [-0.1, -0.05) is 17.2 Å². The number of hydrogen-bond acceptors (Lipinski definition) is 5. The molecule has 1 amide bonds. The number of nitrogens with two attached hydrogens (primary N) is 1. The van der Waals surface area contributed by atoms with Crippen LogP contribution in [0.4, 0.5) is 0 Å². The number of oxime groups is 1. The van der Waals surface area contributed by atoms with Crippen molar-refractivity contribution in [3.8, 4) is 0 Å². The number of carbonyl (C=O) groups is 1. The minimum atomic E-state index is -0.237. The Morgan fingerprint density at radius 3 is 2.94 bits per heavy atom. The van der Waals surface area contributed by atoms with Crippen LogP contribution in [0.1, 0.15) is 24.3 Å². The van der Waals surface area contributed by atoms with Crippen molar-refractivity contribution in [1.82, 2.24) is 10.1 Å². The van der Waals surface area contributed by atoms with Gasteiger partial charge in [0.2, 0.25) is 0 Å². The third kappa shape index (κ3) is 3.20. The summed E-state index contributed by atoms with van der Waals surface area (Å²) in [4.78, 5) is 13.5. The summed E-state index contributed by atoms with van der Waals surface area (Å²) in [6, 6.07) is 1.50. The molecule has 17 heavy (non-hydrogen) atoms. The Bertz CT molecular complexity index is 388. The van der Waals surface area contributed by atoms with E-state index in [2.05, 4.69) is 14.8 Å². The number of aromatic nitrogens is 1. The molecule has 0 aliphatic rings. The summed E-state index contributed by atoms with van der Waals surface area (Å²) in [5.74, 6) is -0.369. The molecule has 1 aromatic rings. The summed E-state index contributed by atoms with van der Waals surface area (Å²) in [6.07, 6.45) is 1.34. The number of hydrogen-bond donors (Lipinski definition) is 2. The van der Waals surface area contributed by atoms with Crippen molar-refractivity contribution >= 4 is 11.7 Å². The van der Waals surface area contributed by atoms with Crippen LogP contribution >= 0.6 is 0 Å². The maximum atomic E-state index is 11.9. The normalized spacial score (nSPS) is 13.4. The predicted octanol–water partition coefficient (Wildman–Crippen LogP) is 0.519. The lowest BCUT2D eigenvalue weighted by Crippen LogP contribution is -2.38. The van der Waals surface area contributed by atoms with Crippen LogP contribution in [0.5, 0.6) is 0 Å². The first-order valence-electron chi connectivity index (χ1n) is 5.27. The summed E-state index contributed by atoms with van der Waals surface area (Å²) in [6.45, 7) is 4.48. The summed E-state index contributed by atoms with van der Waals surface area (Å²) in [7, 11) is 0. The first kappa shape index (κ1) is 13.0. The molecule has 94 valence electrons. The van der Waals surface area contributed by atoms with Gasteiger partial charge in [0.05, 0.1) is 0 Å². The van der Waals surface area contributed by atoms with Crippen molar-refractivity contribution in [2.75, 3.05) is 13.1 Å². The van der Waals surface area contributed by atoms with Gasteiger partial charge in [-0.3, -0.25) is 4.79 Å². The topological polar surface area (TPSA) is 105 Å². The molecule has 1 atom stereocenters. The molecule has 0 aliphatic carbocycles. The van der Waals surface area contributed by atoms with Crippen molar-refractivity contribution < 1.29 is 14.5 Å². The molecule has 3 N–H and O–H groups in total. The molecule has 7 nitrogen and oxygen atoms in total. The van der Waals surface area contributed by atoms with Crippen LogP contribution in [0.2, 0.25) is 0 Å². The van der Waals surface area contributed by atoms with Gasteiger partial charge in [0.1, 0.15) is 12.1 Å². The zero-order valence-electron chi connectivity index (χ0n) is 9.83. The van der Waals surface area contributed by atoms with Gasteiger partial charge in [0, 0.05) is 25.1 Å². The average Bonchev–Trinajstić information content (AvgIpc) is 2.87. The third-order valence-corrected chi connectivity index (χ3v) is 2.44. The van der Waals surface area contributed by atoms with E-state index < -0.39 is 0 Å². The van der Waals surface area contributed by atoms with Crippen molar-refractivity contribution in [3.05, 3.63) is 18.0 Å². The van der Waals surface area contributed by atoms with E-state index in [1.807, 2.05) is 6.92 Å². The summed E-state index contributed by atoms with van der Waals surface area (Å²) >= 11 is 0. The van der Waals surface area contributed by atoms with E-state index in [1.165, 1.54) is 12.3 Å². The van der Waals surface area contributed by atoms with Gasteiger partial charge in [-0.05, 0) is 6.92 Å². The van der Waals surface area contributed by atoms with Gasteiger partial charge in [0.15, 0.2) is 5.69 Å². The first-order chi connectivity index (χ1) is 8.10. The van der Waals surface area contributed by atoms with Crippen LogP contribution in [-0.2, 0) is 0 Å². The summed E-state index contributed by atoms with van der Waals surface area (Å²) in [5.41, 5.74) is 5.71. The van der Waals surface area contributed by atoms with E-state index in [0.29, 0.717) is 13.1 Å². The van der Waals surface area contributed by atoms with Crippen molar-refractivity contribution in [3.63, 3.8) is 0 Å². The highest BCUT2D eigenvalue weighted by Gasteiger charge is 2.20. The highest BCUT2D eigenvalue weighted by Crippen LogP contribution is 2.06. The molecule has 7 heteroatoms. The van der Waals surface area contributed by atoms with Gasteiger partial charge in [-0.15, -0.1) is 0 Å². The fraction of sp³-hybridized carbons (Fsp3) is 0.500. The fourth-order valence-electron chi connectivity index (χ4n) is 1.36. The quantitative estimate of drug-likeness (QED) is 0.338. The number of amides is 1. The van der Waals surface area contributed by atoms with E-state index in [-0.39, 0.29) is 23.4 Å². The van der Waals surface area contributed by atoms with Crippen LogP contribution in [0, 0.1) is 5.92 Å². The molecule has 0 bridgehead atoms. The average molecular weight is 240 g/mol. The lowest BCUT2D eigenvalue weighted by Gasteiger charge is -2.22. The lowest BCUT2D eigenvalue weighted by atomic mass is 10.1. The minimum absolute atomic E-state index is 0.0939. The second-order valence-corrected chi connectivity index (χ2v) is 3.65. The predicted molar refractivity (Wildman–Crippen MR) is 60.7 cm³/mol. The molecular formula is C10H16N4O3. The zero-order chi connectivity index (χ0) is 12.8. The fourth-order valence-corrected chi connectivity index (χ4v) is 1.36. The van der Waals surface area contributed by atoms with Crippen molar-refractivity contribution in [2.45, 2.75) is 13.8 Å². The molecular weight excluding hydrogens is 224 g/mol. The van der Waals surface area contributed by atoms with Gasteiger partial charge in [-0.2, -0.15) is 0 Å². The maximum absolute atomic E-state index is 11.9. The number of nitrogens with zero attached hydrogens (tertiary/aromatic N) is 3. The van der Waals surface area contributed by atoms with Crippen LogP contribution in [0.15, 0.2) is 22.0 Å². The number of rotatable bonds is 5. The first-order valence-corrected chi connectivity index (χ1v) is 5.27. The van der Waals surface area contributed by atoms with Crippen LogP contribution in [0.3, 0.4) is 0 Å². The highest BCUT2D eigenvalue weighted by molar-refractivity contribution is 5.92. The van der Waals surface area contributed by atoms with E-state index in [4.69, 9.17) is 10.9 Å². The van der Waals surface area contributed by atoms with E-state index in [9.17, 15) is 4.79 Å². The second-order valence-electron chi connectivity index (χ2n) is 3.65. The molecule has 0 aliphatic heterocycles. The molecule has 0 radical (unpaired) electrons. The molecule has 0 saturated heterocycles. The molecule has 0 fully saturated rings. The van der Waals surface area contributed by atoms with Crippen LogP contribution < -0.4 is 5.73 Å². The number of carbonyl (C=O) groups excluding carboxylic acids is 1. The monoisotopic (exact) mass is 240 g/mol. The Hall–Kier alpha value is -2.05. The molecule has 0 aromatic carbocycles. The molecule has 1 unspecified atom stereocenters. The van der Waals surface area contributed by atoms with Gasteiger partial charge >= 0.3 is 0 Å². The zero-order valence-corrected chi connectivity index (χ0v) is 9.83. The SMILES string of the molecule is CCN(CC(C)C(N)=NO)C(=O)c1ccon1. The van der Waals surface area contributed by atoms with Gasteiger partial charge in [0.25, 0.3) is 5.91 Å². The van der Waals surface area contributed by atoms with Crippen molar-refractivity contribution in [2.24, 2.45) is 16.8 Å². The lowest BCUT2D eigenvalue weighted by molar-refractivity contribution is 0.0743. The largest absolute Gasteiger partial charge is 0.409 e. The van der Waals surface area contributed by atoms with E-state index >= 15 is 0 Å². The van der Waals surface area contributed by atoms with Crippen LogP contribution in [0.25, 0.3) is 0 Å². The Morgan fingerprint density at radius 1 is 1.76 bits per heavy atom. The molecule has 0 saturated carbocycles. The third-order valence-electron chi connectivity index (χ3n) is 2.44. The van der Waals surface area contributed by atoms with Gasteiger partial charge in [-0.25, -0.2) is 0 Å². The van der Waals surface area contributed by atoms with E-state index in [0.717, 1.165) is 0 Å². The molecule has 1 aromatic heterocycles. The number of amidine groups is 1. The molecule has 1 heterocycles. The Labute approximate surface area is 98.9 Å². The summed E-state index contributed by atoms with van der Waals surface area (Å²) in [5, 5.41) is 15.0. The minimum Gasteiger partial charge on any atom is -0.409 e. The second kappa shape index (κ2) is 5.88. The van der Waals surface area contributed by atoms with Crippen LogP contribution in [-0.4, -0.2) is 40.1 Å². The Kier molecular flexibility index (Phi) is 4.50. The molecule has 1 rings (SSSR count). The maximum Gasteiger partial charge on any atom is 0.276 e. The van der Waals surface area contributed by atoms with E-state index in [1.54, 1.807) is 11.8 Å². The summed E-state index contributed by atoms with van der Waals surface area (Å²) < 4.78 is 4.62. The smallest absolute Gasteiger partial charge is 0.276 e. The standard InChI is InChI=1S/C10H16N4O3/c1-3-14(6-7(2)9(11)12-16)10(15)8-4-5-17-13-8/h4-5,7,16H,3,6H2,1-2H3,(H2,11,12). The highest BCUT2D eigenvalue weighted by atomic mass is 16.5.